The number of carbonyl (C=O) groups excluding carboxylic acids is 1. The molecule has 240 valence electrons. The topological polar surface area (TPSA) is 56.8 Å². The van der Waals surface area contributed by atoms with E-state index in [2.05, 4.69) is 48.6 Å². The number of nitrogens with one attached hydrogen (secondary N) is 1. The van der Waals surface area contributed by atoms with Crippen molar-refractivity contribution < 1.29 is 19.0 Å². The van der Waals surface area contributed by atoms with Crippen molar-refractivity contribution in [1.82, 2.24) is 5.32 Å². The molecular weight excluding hydrogens is 534 g/mol. The van der Waals surface area contributed by atoms with Gasteiger partial charge >= 0.3 is 6.09 Å². The minimum atomic E-state index is -0.371. The van der Waals surface area contributed by atoms with Crippen molar-refractivity contribution in [1.29, 1.82) is 0 Å². The number of rotatable bonds is 26. The molecule has 1 amide bonds. The Labute approximate surface area is 262 Å². The van der Waals surface area contributed by atoms with E-state index < -0.39 is 0 Å². The second-order valence-corrected chi connectivity index (χ2v) is 12.1. The van der Waals surface area contributed by atoms with Crippen LogP contribution in [0.2, 0.25) is 0 Å². The molecule has 0 atom stereocenters. The number of carbonyl (C=O) groups is 1. The lowest BCUT2D eigenvalue weighted by Crippen LogP contribution is -2.27. The number of ether oxygens (including phenoxy) is 3. The third kappa shape index (κ3) is 14.3. The van der Waals surface area contributed by atoms with Crippen LogP contribution in [0.4, 0.5) is 4.79 Å². The fourth-order valence-corrected chi connectivity index (χ4v) is 6.09. The molecule has 0 fully saturated rings. The number of unbranched alkanes of at least 4 members (excludes halogenated alkanes) is 15. The zero-order valence-corrected chi connectivity index (χ0v) is 27.1. The molecule has 1 N–H and O–H groups in total. The normalized spacial score (nSPS) is 12.3. The monoisotopic (exact) mass is 593 g/mol. The van der Waals surface area contributed by atoms with E-state index in [1.165, 1.54) is 119 Å². The first kappa shape index (κ1) is 35.1. The van der Waals surface area contributed by atoms with Crippen LogP contribution in [0.25, 0.3) is 11.1 Å². The molecule has 5 nitrogen and oxygen atoms in total. The van der Waals surface area contributed by atoms with E-state index in [0.717, 1.165) is 19.4 Å². The Morgan fingerprint density at radius 2 is 1.02 bits per heavy atom. The number of hydrogen-bond donors (Lipinski definition) is 1. The molecule has 0 heterocycles. The lowest BCUT2D eigenvalue weighted by Gasteiger charge is -2.14. The van der Waals surface area contributed by atoms with Crippen molar-refractivity contribution in [3.63, 3.8) is 0 Å². The maximum absolute atomic E-state index is 12.3. The second kappa shape index (κ2) is 23.1. The zero-order chi connectivity index (χ0) is 30.2. The Balaban J connectivity index is 1.03. The standard InChI is InChI=1S/C38H59NO4/c1-2-3-4-5-6-7-8-9-10-11-12-13-14-15-16-21-28-41-30-31-42-29-22-27-39-38(40)43-32-37-35-25-19-17-23-33(35)34-24-18-20-26-36(34)37/h17-20,23-26,37H,2-16,21-22,27-32H2,1H3,(H,39,40). The third-order valence-electron chi connectivity index (χ3n) is 8.59. The van der Waals surface area contributed by atoms with Crippen molar-refractivity contribution in [3.05, 3.63) is 59.7 Å². The molecule has 0 bridgehead atoms. The summed E-state index contributed by atoms with van der Waals surface area (Å²) in [7, 11) is 0. The molecule has 5 heteroatoms. The van der Waals surface area contributed by atoms with Gasteiger partial charge in [0, 0.05) is 25.7 Å². The lowest BCUT2D eigenvalue weighted by atomic mass is 9.98. The highest BCUT2D eigenvalue weighted by Crippen LogP contribution is 2.44. The first-order valence-electron chi connectivity index (χ1n) is 17.6. The molecule has 0 aromatic heterocycles. The van der Waals surface area contributed by atoms with Gasteiger partial charge in [0.05, 0.1) is 13.2 Å². The van der Waals surface area contributed by atoms with Gasteiger partial charge in [0.25, 0.3) is 0 Å². The van der Waals surface area contributed by atoms with Gasteiger partial charge < -0.3 is 19.5 Å². The van der Waals surface area contributed by atoms with E-state index in [1.807, 2.05) is 12.1 Å². The van der Waals surface area contributed by atoms with Crippen LogP contribution in [0.5, 0.6) is 0 Å². The summed E-state index contributed by atoms with van der Waals surface area (Å²) in [6, 6.07) is 16.7. The predicted octanol–water partition coefficient (Wildman–Crippen LogP) is 10.2. The maximum Gasteiger partial charge on any atom is 0.407 e. The van der Waals surface area contributed by atoms with Crippen LogP contribution in [0, 0.1) is 0 Å². The fraction of sp³-hybridized carbons (Fsp3) is 0.658. The number of amides is 1. The molecule has 0 saturated carbocycles. The Bertz CT molecular complexity index is 948. The molecule has 0 unspecified atom stereocenters. The zero-order valence-electron chi connectivity index (χ0n) is 27.1. The van der Waals surface area contributed by atoms with Gasteiger partial charge in [-0.2, -0.15) is 0 Å². The average molecular weight is 594 g/mol. The Morgan fingerprint density at radius 1 is 0.581 bits per heavy atom. The van der Waals surface area contributed by atoms with Crippen LogP contribution in [-0.4, -0.2) is 45.7 Å². The minimum Gasteiger partial charge on any atom is -0.449 e. The summed E-state index contributed by atoms with van der Waals surface area (Å²) in [6.45, 7) is 5.83. The smallest absolute Gasteiger partial charge is 0.407 e. The summed E-state index contributed by atoms with van der Waals surface area (Å²) in [5.74, 6) is 0.0840. The van der Waals surface area contributed by atoms with Crippen molar-refractivity contribution in [2.75, 3.05) is 39.6 Å². The van der Waals surface area contributed by atoms with E-state index in [1.54, 1.807) is 0 Å². The fourth-order valence-electron chi connectivity index (χ4n) is 6.09. The molecule has 0 aliphatic heterocycles. The highest BCUT2D eigenvalue weighted by molar-refractivity contribution is 5.79. The van der Waals surface area contributed by atoms with E-state index in [-0.39, 0.29) is 12.0 Å². The highest BCUT2D eigenvalue weighted by Gasteiger charge is 2.28. The largest absolute Gasteiger partial charge is 0.449 e. The van der Waals surface area contributed by atoms with Crippen molar-refractivity contribution >= 4 is 6.09 Å². The molecule has 0 radical (unpaired) electrons. The molecule has 43 heavy (non-hydrogen) atoms. The molecule has 0 spiro atoms. The molecular formula is C38H59NO4. The Hall–Kier alpha value is -2.37. The number of benzene rings is 2. The third-order valence-corrected chi connectivity index (χ3v) is 8.59. The van der Waals surface area contributed by atoms with Crippen molar-refractivity contribution in [2.45, 2.75) is 122 Å². The molecule has 2 aromatic rings. The van der Waals surface area contributed by atoms with Gasteiger partial charge in [0.15, 0.2) is 0 Å². The maximum atomic E-state index is 12.3. The predicted molar refractivity (Wildman–Crippen MR) is 179 cm³/mol. The van der Waals surface area contributed by atoms with Gasteiger partial charge in [-0.15, -0.1) is 0 Å². The summed E-state index contributed by atoms with van der Waals surface area (Å²) in [4.78, 5) is 12.3. The molecule has 1 aliphatic carbocycles. The molecule has 2 aromatic carbocycles. The van der Waals surface area contributed by atoms with E-state index in [9.17, 15) is 4.79 Å². The quantitative estimate of drug-likeness (QED) is 0.110. The SMILES string of the molecule is CCCCCCCCCCCCCCCCCCOCCOCCCNC(=O)OCC1c2ccccc2-c2ccccc21. The van der Waals surface area contributed by atoms with E-state index >= 15 is 0 Å². The van der Waals surface area contributed by atoms with Gasteiger partial charge in [-0.05, 0) is 35.1 Å². The van der Waals surface area contributed by atoms with Gasteiger partial charge in [-0.1, -0.05) is 152 Å². The lowest BCUT2D eigenvalue weighted by molar-refractivity contribution is 0.0453. The van der Waals surface area contributed by atoms with Gasteiger partial charge in [0.2, 0.25) is 0 Å². The summed E-state index contributed by atoms with van der Waals surface area (Å²) < 4.78 is 16.9. The van der Waals surface area contributed by atoms with Crippen molar-refractivity contribution in [2.24, 2.45) is 0 Å². The van der Waals surface area contributed by atoms with Gasteiger partial charge in [-0.25, -0.2) is 4.79 Å². The first-order chi connectivity index (χ1) is 21.3. The number of alkyl carbamates (subject to hydrolysis) is 1. The summed E-state index contributed by atoms with van der Waals surface area (Å²) in [6.07, 6.45) is 22.5. The summed E-state index contributed by atoms with van der Waals surface area (Å²) in [5.41, 5.74) is 4.92. The second-order valence-electron chi connectivity index (χ2n) is 12.1. The van der Waals surface area contributed by atoms with Crippen LogP contribution < -0.4 is 5.32 Å². The first-order valence-corrected chi connectivity index (χ1v) is 17.6. The Kier molecular flexibility index (Phi) is 18.8. The van der Waals surface area contributed by atoms with Crippen LogP contribution in [0.3, 0.4) is 0 Å². The van der Waals surface area contributed by atoms with E-state index in [0.29, 0.717) is 33.0 Å². The molecule has 0 saturated heterocycles. The average Bonchev–Trinajstić information content (AvgIpc) is 3.35. The van der Waals surface area contributed by atoms with Gasteiger partial charge in [0.1, 0.15) is 6.61 Å². The van der Waals surface area contributed by atoms with Crippen LogP contribution >= 0.6 is 0 Å². The number of fused-ring (bicyclic) bond motifs is 3. The van der Waals surface area contributed by atoms with Crippen LogP contribution in [0.15, 0.2) is 48.5 Å². The number of hydrogen-bond acceptors (Lipinski definition) is 4. The summed E-state index contributed by atoms with van der Waals surface area (Å²) >= 11 is 0. The van der Waals surface area contributed by atoms with Crippen LogP contribution in [-0.2, 0) is 14.2 Å². The molecule has 1 aliphatic rings. The van der Waals surface area contributed by atoms with Crippen LogP contribution in [0.1, 0.15) is 133 Å². The van der Waals surface area contributed by atoms with Crippen molar-refractivity contribution in [3.8, 4) is 11.1 Å². The minimum absolute atomic E-state index is 0.0840. The molecule has 3 rings (SSSR count). The Morgan fingerprint density at radius 3 is 1.53 bits per heavy atom. The van der Waals surface area contributed by atoms with Gasteiger partial charge in [-0.3, -0.25) is 0 Å². The van der Waals surface area contributed by atoms with E-state index in [4.69, 9.17) is 14.2 Å². The summed E-state index contributed by atoms with van der Waals surface area (Å²) in [5, 5.41) is 2.85. The highest BCUT2D eigenvalue weighted by atomic mass is 16.5.